The third kappa shape index (κ3) is 5.49. The van der Waals surface area contributed by atoms with Gasteiger partial charge in [0.15, 0.2) is 9.84 Å². The number of carbonyl (C=O) groups is 1. The third-order valence-corrected chi connectivity index (χ3v) is 7.12. The summed E-state index contributed by atoms with van der Waals surface area (Å²) >= 11 is 0. The zero-order valence-electron chi connectivity index (χ0n) is 17.1. The van der Waals surface area contributed by atoms with Crippen LogP contribution in [0.1, 0.15) is 29.9 Å². The molecule has 1 aliphatic carbocycles. The number of methoxy groups -OCH3 is 1. The minimum Gasteiger partial charge on any atom is -0.480 e. The summed E-state index contributed by atoms with van der Waals surface area (Å²) in [6.45, 7) is 0. The zero-order valence-corrected chi connectivity index (χ0v) is 17.9. The predicted molar refractivity (Wildman–Crippen MR) is 114 cm³/mol. The molecular formula is C22H22N4O4S. The Morgan fingerprint density at radius 3 is 2.55 bits per heavy atom. The summed E-state index contributed by atoms with van der Waals surface area (Å²) in [4.78, 5) is 29.3. The van der Waals surface area contributed by atoms with Crippen LogP contribution in [0.5, 0.6) is 5.88 Å². The zero-order chi connectivity index (χ0) is 21.8. The highest BCUT2D eigenvalue weighted by Crippen LogP contribution is 2.30. The fraction of sp³-hybridized carbons (Fsp3) is 0.318. The first-order chi connectivity index (χ1) is 14.9. The summed E-state index contributed by atoms with van der Waals surface area (Å²) in [6, 6.07) is 9.18. The minimum absolute atomic E-state index is 0.0105. The Balaban J connectivity index is 1.38. The molecule has 4 rings (SSSR count). The topological polar surface area (TPSA) is 112 Å². The molecule has 1 aromatic carbocycles. The van der Waals surface area contributed by atoms with Crippen molar-refractivity contribution < 1.29 is 17.9 Å². The van der Waals surface area contributed by atoms with E-state index >= 15 is 0 Å². The van der Waals surface area contributed by atoms with Crippen molar-refractivity contribution >= 4 is 15.6 Å². The highest BCUT2D eigenvalue weighted by atomic mass is 32.2. The van der Waals surface area contributed by atoms with E-state index in [1.165, 1.54) is 19.5 Å². The van der Waals surface area contributed by atoms with Crippen LogP contribution >= 0.6 is 0 Å². The van der Waals surface area contributed by atoms with Gasteiger partial charge in [-0.15, -0.1) is 0 Å². The number of carbonyl (C=O) groups excluding carboxylic acids is 1. The van der Waals surface area contributed by atoms with E-state index in [2.05, 4.69) is 19.9 Å². The van der Waals surface area contributed by atoms with E-state index in [1.54, 1.807) is 12.3 Å². The van der Waals surface area contributed by atoms with Crippen LogP contribution in [0.3, 0.4) is 0 Å². The molecule has 1 saturated carbocycles. The number of nitrogens with zero attached hydrogens (tertiary/aromatic N) is 4. The normalized spacial score (nSPS) is 13.7. The number of hydrogen-bond donors (Lipinski definition) is 0. The van der Waals surface area contributed by atoms with Crippen LogP contribution in [0, 0.1) is 0 Å². The molecule has 9 heteroatoms. The van der Waals surface area contributed by atoms with Crippen LogP contribution in [0.15, 0.2) is 48.9 Å². The van der Waals surface area contributed by atoms with Gasteiger partial charge < -0.3 is 4.74 Å². The molecule has 3 aromatic rings. The van der Waals surface area contributed by atoms with Gasteiger partial charge in [-0.25, -0.2) is 23.4 Å². The molecule has 0 atom stereocenters. The Bertz CT molecular complexity index is 1190. The van der Waals surface area contributed by atoms with E-state index in [0.717, 1.165) is 11.1 Å². The molecule has 1 fully saturated rings. The SMILES string of the molecule is COc1cncc(-c2ccc(CC(=O)Cc3ccnc(CS(=O)(=O)C4CC4)n3)cc2)n1. The first-order valence-electron chi connectivity index (χ1n) is 9.92. The first-order valence-corrected chi connectivity index (χ1v) is 11.6. The van der Waals surface area contributed by atoms with Crippen molar-refractivity contribution in [2.24, 2.45) is 0 Å². The van der Waals surface area contributed by atoms with Gasteiger partial charge in [0, 0.05) is 24.6 Å². The summed E-state index contributed by atoms with van der Waals surface area (Å²) in [5.41, 5.74) is 2.96. The van der Waals surface area contributed by atoms with Gasteiger partial charge in [0.1, 0.15) is 17.4 Å². The molecule has 0 unspecified atom stereocenters. The lowest BCUT2D eigenvalue weighted by Gasteiger charge is -2.06. The predicted octanol–water partition coefficient (Wildman–Crippen LogP) is 2.37. The van der Waals surface area contributed by atoms with Gasteiger partial charge >= 0.3 is 0 Å². The number of benzene rings is 1. The molecule has 2 aromatic heterocycles. The molecule has 0 saturated heterocycles. The molecule has 0 N–H and O–H groups in total. The molecule has 0 aliphatic heterocycles. The number of aromatic nitrogens is 4. The number of Topliss-reactive ketones (excluding diaryl/α,β-unsaturated/α-hetero) is 1. The molecular weight excluding hydrogens is 416 g/mol. The summed E-state index contributed by atoms with van der Waals surface area (Å²) in [5.74, 6) is 0.504. The summed E-state index contributed by atoms with van der Waals surface area (Å²) in [6.07, 6.45) is 6.51. The van der Waals surface area contributed by atoms with E-state index in [4.69, 9.17) is 4.74 Å². The Hall–Kier alpha value is -3.20. The van der Waals surface area contributed by atoms with E-state index in [-0.39, 0.29) is 35.5 Å². The quantitative estimate of drug-likeness (QED) is 0.500. The Morgan fingerprint density at radius 2 is 1.84 bits per heavy atom. The van der Waals surface area contributed by atoms with E-state index in [0.29, 0.717) is 30.1 Å². The molecule has 8 nitrogen and oxygen atoms in total. The summed E-state index contributed by atoms with van der Waals surface area (Å²) in [7, 11) is -1.66. The lowest BCUT2D eigenvalue weighted by molar-refractivity contribution is -0.117. The Kier molecular flexibility index (Phi) is 6.03. The van der Waals surface area contributed by atoms with E-state index < -0.39 is 9.84 Å². The van der Waals surface area contributed by atoms with Crippen molar-refractivity contribution in [2.45, 2.75) is 36.7 Å². The highest BCUT2D eigenvalue weighted by Gasteiger charge is 2.36. The van der Waals surface area contributed by atoms with Crippen molar-refractivity contribution in [3.63, 3.8) is 0 Å². The second kappa shape index (κ2) is 8.89. The second-order valence-electron chi connectivity index (χ2n) is 7.51. The van der Waals surface area contributed by atoms with Gasteiger partial charge in [0.2, 0.25) is 5.88 Å². The van der Waals surface area contributed by atoms with Crippen molar-refractivity contribution in [3.05, 3.63) is 66.0 Å². The van der Waals surface area contributed by atoms with E-state index in [1.807, 2.05) is 24.3 Å². The maximum atomic E-state index is 12.5. The lowest BCUT2D eigenvalue weighted by Crippen LogP contribution is -2.14. The summed E-state index contributed by atoms with van der Waals surface area (Å²) < 4.78 is 29.4. The average Bonchev–Trinajstić information content (AvgIpc) is 3.60. The molecule has 0 radical (unpaired) electrons. The Morgan fingerprint density at radius 1 is 1.06 bits per heavy atom. The summed E-state index contributed by atoms with van der Waals surface area (Å²) in [5, 5.41) is -0.257. The molecule has 160 valence electrons. The fourth-order valence-corrected chi connectivity index (χ4v) is 4.79. The standard InChI is InChI=1S/C22H22N4O4S/c1-30-22-13-23-12-20(26-22)16-4-2-15(3-5-16)10-18(27)11-17-8-9-24-21(25-17)14-31(28,29)19-6-7-19/h2-5,8-9,12-13,19H,6-7,10-11,14H2,1H3. The molecule has 31 heavy (non-hydrogen) atoms. The molecule has 2 heterocycles. The first kappa shape index (κ1) is 21.0. The monoisotopic (exact) mass is 438 g/mol. The van der Waals surface area contributed by atoms with Crippen LogP contribution in [0.25, 0.3) is 11.3 Å². The van der Waals surface area contributed by atoms with Crippen molar-refractivity contribution in [1.29, 1.82) is 0 Å². The molecule has 0 amide bonds. The van der Waals surface area contributed by atoms with Crippen LogP contribution in [0.4, 0.5) is 0 Å². The Labute approximate surface area is 180 Å². The maximum Gasteiger partial charge on any atom is 0.232 e. The van der Waals surface area contributed by atoms with E-state index in [9.17, 15) is 13.2 Å². The average molecular weight is 439 g/mol. The van der Waals surface area contributed by atoms with Crippen LogP contribution in [0.2, 0.25) is 0 Å². The minimum atomic E-state index is -3.19. The highest BCUT2D eigenvalue weighted by molar-refractivity contribution is 7.91. The van der Waals surface area contributed by atoms with Crippen LogP contribution in [-0.2, 0) is 33.2 Å². The van der Waals surface area contributed by atoms with Crippen molar-refractivity contribution in [3.8, 4) is 17.1 Å². The number of hydrogen-bond acceptors (Lipinski definition) is 8. The third-order valence-electron chi connectivity index (χ3n) is 4.98. The number of ether oxygens (including phenoxy) is 1. The molecule has 1 aliphatic rings. The molecule has 0 spiro atoms. The lowest BCUT2D eigenvalue weighted by atomic mass is 10.0. The smallest absolute Gasteiger partial charge is 0.232 e. The van der Waals surface area contributed by atoms with Gasteiger partial charge in [0.05, 0.1) is 36.1 Å². The van der Waals surface area contributed by atoms with Crippen LogP contribution < -0.4 is 4.74 Å². The maximum absolute atomic E-state index is 12.5. The van der Waals surface area contributed by atoms with Gasteiger partial charge in [-0.3, -0.25) is 9.78 Å². The largest absolute Gasteiger partial charge is 0.480 e. The number of sulfone groups is 1. The van der Waals surface area contributed by atoms with Gasteiger partial charge in [-0.05, 0) is 24.5 Å². The molecule has 0 bridgehead atoms. The number of ketones is 1. The number of rotatable bonds is 9. The van der Waals surface area contributed by atoms with Gasteiger partial charge in [-0.2, -0.15) is 0 Å². The second-order valence-corrected chi connectivity index (χ2v) is 9.79. The van der Waals surface area contributed by atoms with Gasteiger partial charge in [-0.1, -0.05) is 24.3 Å². The van der Waals surface area contributed by atoms with Gasteiger partial charge in [0.25, 0.3) is 0 Å². The van der Waals surface area contributed by atoms with Crippen LogP contribution in [-0.4, -0.2) is 46.5 Å². The van der Waals surface area contributed by atoms with Crippen molar-refractivity contribution in [1.82, 2.24) is 19.9 Å². The van der Waals surface area contributed by atoms with Crippen molar-refractivity contribution in [2.75, 3.05) is 7.11 Å². The fourth-order valence-electron chi connectivity index (χ4n) is 3.21.